The molecule has 1 fully saturated rings. The second-order valence-corrected chi connectivity index (χ2v) is 6.34. The molecule has 24 heavy (non-hydrogen) atoms. The van der Waals surface area contributed by atoms with Crippen LogP contribution in [-0.2, 0) is 11.8 Å². The normalized spacial score (nSPS) is 20.8. The first-order chi connectivity index (χ1) is 11.5. The van der Waals surface area contributed by atoms with Gasteiger partial charge in [0.15, 0.2) is 17.0 Å². The van der Waals surface area contributed by atoms with E-state index in [-0.39, 0.29) is 18.4 Å². The van der Waals surface area contributed by atoms with Crippen LogP contribution >= 0.6 is 0 Å². The van der Waals surface area contributed by atoms with Crippen LogP contribution in [0.4, 0.5) is 5.82 Å². The maximum Gasteiger partial charge on any atom is 0.236 e. The minimum Gasteiger partial charge on any atom is -0.353 e. The van der Waals surface area contributed by atoms with Gasteiger partial charge in [-0.05, 0) is 12.3 Å². The van der Waals surface area contributed by atoms with Gasteiger partial charge >= 0.3 is 0 Å². The average Bonchev–Trinajstić information content (AvgIpc) is 2.96. The molecule has 8 nitrogen and oxygen atoms in total. The maximum absolute atomic E-state index is 12.1. The first-order valence-corrected chi connectivity index (χ1v) is 8.02. The van der Waals surface area contributed by atoms with Gasteiger partial charge in [0.25, 0.3) is 0 Å². The number of nitrogens with zero attached hydrogens (tertiary/aromatic N) is 7. The summed E-state index contributed by atoms with van der Waals surface area (Å²) in [6.07, 6.45) is 4.11. The lowest BCUT2D eigenvalue weighted by Gasteiger charge is -2.41. The lowest BCUT2D eigenvalue weighted by Crippen LogP contribution is -2.52. The van der Waals surface area contributed by atoms with Crippen molar-refractivity contribution < 1.29 is 4.79 Å². The Kier molecular flexibility index (Phi) is 4.34. The molecule has 0 N–H and O–H groups in total. The molecule has 2 atom stereocenters. The Bertz CT molecular complexity index is 793. The minimum absolute atomic E-state index is 0.0667. The van der Waals surface area contributed by atoms with Crippen LogP contribution in [0, 0.1) is 17.2 Å². The van der Waals surface area contributed by atoms with Crippen LogP contribution < -0.4 is 4.90 Å². The van der Waals surface area contributed by atoms with Gasteiger partial charge < -0.3 is 14.4 Å². The molecule has 1 aliphatic rings. The number of carbonyl (C=O) groups excluding carboxylic acids is 1. The number of hydrogen-bond donors (Lipinski definition) is 0. The number of aromatic nitrogens is 4. The average molecular weight is 327 g/mol. The summed E-state index contributed by atoms with van der Waals surface area (Å²) in [5, 5.41) is 8.76. The third kappa shape index (κ3) is 2.77. The molecular weight excluding hydrogens is 306 g/mol. The second-order valence-electron chi connectivity index (χ2n) is 6.34. The third-order valence-electron chi connectivity index (χ3n) is 4.81. The number of nitriles is 1. The van der Waals surface area contributed by atoms with Crippen molar-refractivity contribution in [2.45, 2.75) is 25.8 Å². The van der Waals surface area contributed by atoms with Crippen molar-refractivity contribution in [1.29, 1.82) is 5.26 Å². The van der Waals surface area contributed by atoms with E-state index < -0.39 is 0 Å². The summed E-state index contributed by atoms with van der Waals surface area (Å²) in [5.41, 5.74) is 1.54. The first kappa shape index (κ1) is 16.2. The molecule has 8 heteroatoms. The number of rotatable bonds is 3. The maximum atomic E-state index is 12.1. The fourth-order valence-electron chi connectivity index (χ4n) is 3.31. The number of imidazole rings is 1. The van der Waals surface area contributed by atoms with Gasteiger partial charge in [-0.15, -0.1) is 0 Å². The molecule has 0 aromatic carbocycles. The summed E-state index contributed by atoms with van der Waals surface area (Å²) in [6.45, 7) is 3.48. The Morgan fingerprint density at radius 2 is 2.25 bits per heavy atom. The van der Waals surface area contributed by atoms with Crippen LogP contribution in [0.2, 0.25) is 0 Å². The zero-order chi connectivity index (χ0) is 17.3. The molecule has 2 aromatic rings. The SMILES string of the molecule is C[C@@H]1CCN(C(=O)CC#N)C[C@@H]1N(C)c1ncnc2c1ncn2C. The van der Waals surface area contributed by atoms with E-state index in [0.717, 1.165) is 23.4 Å². The smallest absolute Gasteiger partial charge is 0.236 e. The molecule has 3 rings (SSSR count). The van der Waals surface area contributed by atoms with E-state index >= 15 is 0 Å². The quantitative estimate of drug-likeness (QED) is 0.833. The largest absolute Gasteiger partial charge is 0.353 e. The van der Waals surface area contributed by atoms with E-state index in [1.807, 2.05) is 24.7 Å². The third-order valence-corrected chi connectivity index (χ3v) is 4.81. The molecule has 0 unspecified atom stereocenters. The van der Waals surface area contributed by atoms with Gasteiger partial charge in [-0.2, -0.15) is 5.26 Å². The van der Waals surface area contributed by atoms with Gasteiger partial charge in [0.2, 0.25) is 5.91 Å². The number of likely N-dealkylation sites (N-methyl/N-ethyl adjacent to an activating group) is 1. The standard InChI is InChI=1S/C16H21N7O/c1-11-5-7-23(13(24)4-6-17)8-12(11)22(3)16-14-15(18-9-19-16)21(2)10-20-14/h9-12H,4-5,7-8H2,1-3H3/t11-,12+/m1/s1. The Hall–Kier alpha value is -2.69. The number of carbonyl (C=O) groups is 1. The number of anilines is 1. The molecule has 1 amide bonds. The van der Waals surface area contributed by atoms with Gasteiger partial charge in [0, 0.05) is 27.2 Å². The highest BCUT2D eigenvalue weighted by molar-refractivity contribution is 5.83. The van der Waals surface area contributed by atoms with Crippen LogP contribution in [0.1, 0.15) is 19.8 Å². The minimum atomic E-state index is -0.103. The number of hydrogen-bond acceptors (Lipinski definition) is 6. The molecule has 0 radical (unpaired) electrons. The Labute approximate surface area is 140 Å². The summed E-state index contributed by atoms with van der Waals surface area (Å²) in [5.74, 6) is 1.08. The summed E-state index contributed by atoms with van der Waals surface area (Å²) < 4.78 is 1.86. The number of fused-ring (bicyclic) bond motifs is 1. The van der Waals surface area contributed by atoms with Crippen molar-refractivity contribution in [3.8, 4) is 6.07 Å². The number of likely N-dealkylation sites (tertiary alicyclic amines) is 1. The van der Waals surface area contributed by atoms with E-state index in [1.165, 1.54) is 0 Å². The lowest BCUT2D eigenvalue weighted by atomic mass is 9.92. The van der Waals surface area contributed by atoms with Crippen LogP contribution in [-0.4, -0.2) is 56.5 Å². The highest BCUT2D eigenvalue weighted by Crippen LogP contribution is 2.28. The van der Waals surface area contributed by atoms with Crippen LogP contribution in [0.25, 0.3) is 11.2 Å². The summed E-state index contributed by atoms with van der Waals surface area (Å²) in [4.78, 5) is 29.1. The predicted octanol–water partition coefficient (Wildman–Crippen LogP) is 0.950. The van der Waals surface area contributed by atoms with Crippen molar-refractivity contribution in [3.05, 3.63) is 12.7 Å². The molecule has 0 aliphatic carbocycles. The molecule has 3 heterocycles. The van der Waals surface area contributed by atoms with Crippen LogP contribution in [0.5, 0.6) is 0 Å². The van der Waals surface area contributed by atoms with E-state index in [1.54, 1.807) is 17.6 Å². The molecule has 2 aromatic heterocycles. The first-order valence-electron chi connectivity index (χ1n) is 8.02. The van der Waals surface area contributed by atoms with Crippen LogP contribution in [0.3, 0.4) is 0 Å². The van der Waals surface area contributed by atoms with E-state index in [0.29, 0.717) is 19.0 Å². The topological polar surface area (TPSA) is 90.9 Å². The molecule has 0 saturated carbocycles. The Balaban J connectivity index is 1.88. The predicted molar refractivity (Wildman–Crippen MR) is 89.1 cm³/mol. The van der Waals surface area contributed by atoms with Crippen molar-refractivity contribution in [2.75, 3.05) is 25.0 Å². The van der Waals surface area contributed by atoms with Gasteiger partial charge in [-0.1, -0.05) is 6.92 Å². The van der Waals surface area contributed by atoms with Crippen LogP contribution in [0.15, 0.2) is 12.7 Å². The highest BCUT2D eigenvalue weighted by atomic mass is 16.2. The van der Waals surface area contributed by atoms with E-state index in [4.69, 9.17) is 5.26 Å². The van der Waals surface area contributed by atoms with Crippen molar-refractivity contribution in [2.24, 2.45) is 13.0 Å². The fourth-order valence-corrected chi connectivity index (χ4v) is 3.31. The second kappa shape index (κ2) is 6.43. The fraction of sp³-hybridized carbons (Fsp3) is 0.562. The monoisotopic (exact) mass is 327 g/mol. The number of piperidine rings is 1. The molecule has 0 bridgehead atoms. The molecule has 1 saturated heterocycles. The Morgan fingerprint density at radius 3 is 3.00 bits per heavy atom. The van der Waals surface area contributed by atoms with Gasteiger partial charge in [0.05, 0.1) is 18.4 Å². The van der Waals surface area contributed by atoms with Crippen molar-refractivity contribution in [3.63, 3.8) is 0 Å². The number of aryl methyl sites for hydroxylation is 1. The summed E-state index contributed by atoms with van der Waals surface area (Å²) in [6, 6.07) is 2.07. The molecule has 1 aliphatic heterocycles. The highest BCUT2D eigenvalue weighted by Gasteiger charge is 2.32. The summed E-state index contributed by atoms with van der Waals surface area (Å²) in [7, 11) is 3.88. The van der Waals surface area contributed by atoms with Gasteiger partial charge in [-0.25, -0.2) is 15.0 Å². The zero-order valence-corrected chi connectivity index (χ0v) is 14.2. The van der Waals surface area contributed by atoms with E-state index in [2.05, 4.69) is 26.8 Å². The lowest BCUT2D eigenvalue weighted by molar-refractivity contribution is -0.131. The summed E-state index contributed by atoms with van der Waals surface area (Å²) >= 11 is 0. The molecule has 0 spiro atoms. The van der Waals surface area contributed by atoms with Gasteiger partial charge in [-0.3, -0.25) is 4.79 Å². The van der Waals surface area contributed by atoms with E-state index in [9.17, 15) is 4.79 Å². The molecule has 126 valence electrons. The number of amides is 1. The Morgan fingerprint density at radius 1 is 1.46 bits per heavy atom. The van der Waals surface area contributed by atoms with Crippen molar-refractivity contribution >= 4 is 22.9 Å². The molecular formula is C16H21N7O. The van der Waals surface area contributed by atoms with Gasteiger partial charge in [0.1, 0.15) is 12.7 Å². The zero-order valence-electron chi connectivity index (χ0n) is 14.2. The van der Waals surface area contributed by atoms with Crippen molar-refractivity contribution in [1.82, 2.24) is 24.4 Å².